The number of amides is 2. The minimum absolute atomic E-state index is 0.0863. The number of primary amides is 2. The van der Waals surface area contributed by atoms with Crippen molar-refractivity contribution in [1.29, 1.82) is 0 Å². The van der Waals surface area contributed by atoms with Crippen LogP contribution in [0, 0.1) is 23.7 Å². The van der Waals surface area contributed by atoms with Crippen molar-refractivity contribution in [3.63, 3.8) is 0 Å². The minimum atomic E-state index is -1.10. The molecule has 478 valence electrons. The van der Waals surface area contributed by atoms with Gasteiger partial charge in [-0.1, -0.05) is 76.3 Å². The van der Waals surface area contributed by atoms with E-state index >= 15 is 0 Å². The molecule has 12 N–H and O–H groups in total. The second kappa shape index (κ2) is 37.2. The van der Waals surface area contributed by atoms with Gasteiger partial charge >= 0.3 is 24.1 Å². The molecule has 0 aromatic heterocycles. The highest BCUT2D eigenvalue weighted by atomic mass is 16.6. The molecule has 0 heterocycles. The standard InChI is InChI=1S/C62H92N6O18/c1-33(27-49(81-11)53(71)37(5)29-39(7)57(85-61(65)77)47(79-9)21-17-19-35(3)59(75)83-13)25-41-51(45(69)31-43(63)55(41)73)67-23-15-16-24-68-52-42(56(74)44(64)32-46(52)70)26-34(2)28-50(82-12)54(72)38(6)30-40(8)58(86-62(66)78)48(80-10)22-18-20-36(4)60(76)84-14/h17-22,29-34,37-38,47-50,53-54,57-58,67-68,71-72H,15-16,23-28,63-64H2,1-14H3,(H2,65,77)(H2,66,78)/b21-17+,22-18+,35-19+,36-20+,39-29+,40-30+/t33-,34-,37+,38+,47+,48+,49+,50+,53-,54-,57+,58+/m1/s1. The van der Waals surface area contributed by atoms with E-state index in [2.05, 4.69) is 10.6 Å². The number of rotatable bonds is 37. The number of carbonyl (C=O) groups excluding carboxylic acids is 8. The molecule has 0 unspecified atom stereocenters. The number of hydrogen-bond donors (Lipinski definition) is 8. The zero-order chi connectivity index (χ0) is 65.1. The van der Waals surface area contributed by atoms with E-state index in [1.54, 1.807) is 78.0 Å². The molecule has 24 nitrogen and oxygen atoms in total. The van der Waals surface area contributed by atoms with E-state index in [-0.39, 0.29) is 84.5 Å². The molecule has 86 heavy (non-hydrogen) atoms. The summed E-state index contributed by atoms with van der Waals surface area (Å²) in [5, 5.41) is 29.4. The first kappa shape index (κ1) is 74.6. The molecule has 2 aliphatic carbocycles. The molecule has 2 aliphatic rings. The largest absolute Gasteiger partial charge is 0.466 e. The first-order valence-electron chi connectivity index (χ1n) is 28.2. The predicted octanol–water partition coefficient (Wildman–Crippen LogP) is 4.50. The highest BCUT2D eigenvalue weighted by Crippen LogP contribution is 2.31. The van der Waals surface area contributed by atoms with Crippen molar-refractivity contribution in [3.05, 3.63) is 117 Å². The van der Waals surface area contributed by atoms with Crippen LogP contribution in [-0.4, -0.2) is 162 Å². The van der Waals surface area contributed by atoms with Gasteiger partial charge in [-0.2, -0.15) is 0 Å². The molecule has 12 atom stereocenters. The van der Waals surface area contributed by atoms with E-state index in [0.29, 0.717) is 35.1 Å². The Morgan fingerprint density at radius 2 is 0.895 bits per heavy atom. The van der Waals surface area contributed by atoms with E-state index in [0.717, 1.165) is 12.2 Å². The van der Waals surface area contributed by atoms with Crippen LogP contribution in [0.5, 0.6) is 0 Å². The fourth-order valence-corrected chi connectivity index (χ4v) is 9.96. The molecule has 24 heteroatoms. The first-order valence-corrected chi connectivity index (χ1v) is 28.2. The molecule has 0 spiro atoms. The number of aliphatic hydroxyl groups is 2. The Morgan fingerprint density at radius 1 is 0.558 bits per heavy atom. The summed E-state index contributed by atoms with van der Waals surface area (Å²) in [6.07, 6.45) is 6.89. The number of ketones is 4. The van der Waals surface area contributed by atoms with Gasteiger partial charge in [-0.05, 0) is 89.2 Å². The van der Waals surface area contributed by atoms with E-state index < -0.39 is 108 Å². The molecule has 0 fully saturated rings. The number of ether oxygens (including phenoxy) is 8. The first-order chi connectivity index (χ1) is 40.5. The van der Waals surface area contributed by atoms with Crippen LogP contribution in [-0.2, 0) is 66.7 Å². The van der Waals surface area contributed by atoms with Crippen LogP contribution < -0.4 is 33.6 Å². The Bertz CT molecular complexity index is 2550. The fourth-order valence-electron chi connectivity index (χ4n) is 9.96. The summed E-state index contributed by atoms with van der Waals surface area (Å²) in [6, 6.07) is 0. The Kier molecular flexibility index (Phi) is 32.2. The van der Waals surface area contributed by atoms with Gasteiger partial charge in [-0.15, -0.1) is 0 Å². The summed E-state index contributed by atoms with van der Waals surface area (Å²) in [6.45, 7) is 14.2. The molecule has 2 amide bonds. The van der Waals surface area contributed by atoms with Crippen molar-refractivity contribution in [3.8, 4) is 0 Å². The third-order valence-electron chi connectivity index (χ3n) is 14.7. The van der Waals surface area contributed by atoms with Crippen molar-refractivity contribution in [2.24, 2.45) is 46.6 Å². The molecule has 0 radical (unpaired) electrons. The maximum atomic E-state index is 13.6. The monoisotopic (exact) mass is 1210 g/mol. The Hall–Kier alpha value is -7.48. The number of allylic oxidation sites excluding steroid dienone is 8. The average Bonchev–Trinajstić information content (AvgIpc) is 1.37. The molecule has 0 bridgehead atoms. The van der Waals surface area contributed by atoms with Gasteiger partial charge < -0.3 is 81.7 Å². The third-order valence-corrected chi connectivity index (χ3v) is 14.7. The van der Waals surface area contributed by atoms with Crippen LogP contribution in [0.15, 0.2) is 117 Å². The quantitative estimate of drug-likeness (QED) is 0.00807. The highest BCUT2D eigenvalue weighted by Gasteiger charge is 2.35. The Labute approximate surface area is 504 Å². The number of hydrogen-bond acceptors (Lipinski definition) is 22. The number of nitrogens with two attached hydrogens (primary N) is 4. The van der Waals surface area contributed by atoms with Gasteiger partial charge in [0.25, 0.3) is 0 Å². The summed E-state index contributed by atoms with van der Waals surface area (Å²) in [4.78, 5) is 102. The summed E-state index contributed by atoms with van der Waals surface area (Å²) >= 11 is 0. The van der Waals surface area contributed by atoms with Crippen molar-refractivity contribution in [2.45, 2.75) is 143 Å². The summed E-state index contributed by atoms with van der Waals surface area (Å²) < 4.78 is 43.0. The van der Waals surface area contributed by atoms with Gasteiger partial charge in [-0.25, -0.2) is 19.2 Å². The number of methoxy groups -OCH3 is 6. The van der Waals surface area contributed by atoms with Crippen LogP contribution in [0.25, 0.3) is 0 Å². The third kappa shape index (κ3) is 23.1. The van der Waals surface area contributed by atoms with Crippen LogP contribution in [0.1, 0.15) is 93.9 Å². The lowest BCUT2D eigenvalue weighted by Gasteiger charge is -2.30. The van der Waals surface area contributed by atoms with E-state index in [1.807, 2.05) is 13.8 Å². The van der Waals surface area contributed by atoms with Crippen LogP contribution in [0.3, 0.4) is 0 Å². The van der Waals surface area contributed by atoms with Gasteiger partial charge in [-0.3, -0.25) is 19.2 Å². The molecular weight excluding hydrogens is 1120 g/mol. The summed E-state index contributed by atoms with van der Waals surface area (Å²) in [7, 11) is 8.22. The fraction of sp³-hybridized carbons (Fsp3) is 0.548. The second-order valence-corrected chi connectivity index (χ2v) is 21.6. The van der Waals surface area contributed by atoms with Crippen LogP contribution >= 0.6 is 0 Å². The predicted molar refractivity (Wildman–Crippen MR) is 320 cm³/mol. The van der Waals surface area contributed by atoms with E-state index in [1.165, 1.54) is 54.8 Å². The van der Waals surface area contributed by atoms with Gasteiger partial charge in [0.05, 0.1) is 61.4 Å². The van der Waals surface area contributed by atoms with E-state index in [9.17, 15) is 48.6 Å². The van der Waals surface area contributed by atoms with Gasteiger partial charge in [0.1, 0.15) is 12.2 Å². The number of nitrogens with one attached hydrogen (secondary N) is 2. The zero-order valence-corrected chi connectivity index (χ0v) is 52.1. The topological polar surface area (TPSA) is 379 Å². The molecule has 0 saturated carbocycles. The van der Waals surface area contributed by atoms with Crippen LogP contribution in [0.4, 0.5) is 9.59 Å². The number of unbranched alkanes of at least 4 members (excludes halogenated alkanes) is 1. The Morgan fingerprint density at radius 3 is 1.19 bits per heavy atom. The molecule has 0 aromatic rings. The van der Waals surface area contributed by atoms with Crippen molar-refractivity contribution < 1.29 is 86.5 Å². The van der Waals surface area contributed by atoms with Crippen LogP contribution in [0.2, 0.25) is 0 Å². The number of carbonyl (C=O) groups is 8. The number of esters is 2. The maximum absolute atomic E-state index is 13.6. The normalized spacial score (nSPS) is 19.2. The lowest BCUT2D eigenvalue weighted by Crippen LogP contribution is -2.37. The van der Waals surface area contributed by atoms with E-state index in [4.69, 9.17) is 60.8 Å². The molecule has 2 rings (SSSR count). The molecular formula is C62H92N6O18. The number of aliphatic hydroxyl groups excluding tert-OH is 2. The Balaban J connectivity index is 2.22. The smallest absolute Gasteiger partial charge is 0.405 e. The van der Waals surface area contributed by atoms with Gasteiger partial charge in [0.15, 0.2) is 12.2 Å². The van der Waals surface area contributed by atoms with Crippen molar-refractivity contribution >= 4 is 47.3 Å². The molecule has 0 aliphatic heterocycles. The second-order valence-electron chi connectivity index (χ2n) is 21.6. The van der Waals surface area contributed by atoms with Crippen molar-refractivity contribution in [2.75, 3.05) is 55.7 Å². The zero-order valence-electron chi connectivity index (χ0n) is 52.1. The maximum Gasteiger partial charge on any atom is 0.405 e. The van der Waals surface area contributed by atoms with Gasteiger partial charge in [0, 0.05) is 87.8 Å². The number of Topliss-reactive ketones (excluding diaryl/α,β-unsaturated/α-hetero) is 2. The van der Waals surface area contributed by atoms with Crippen molar-refractivity contribution in [1.82, 2.24) is 10.6 Å². The molecule has 0 aromatic carbocycles. The summed E-state index contributed by atoms with van der Waals surface area (Å²) in [5.41, 5.74) is 24.6. The SMILES string of the molecule is COC(=O)/C(C)=C/C=C/[C@H](OC)[C@@H](OC(N)=O)/C(C)=C/[C@H](C)[C@@H](O)[C@H](C[C@H](C)CC1=C(NCCCCNC2=C(C[C@@H](C)C[C@H](OC)[C@H](O)[C@@H](C)/C=C(\C)[C@H](OC(N)=O)[C@H](/C=C/C=C(\C)C(=O)OC)OC)C(=O)C(N)=CC2=O)C(=O)C=C(N)C1=O)OC. The average molecular weight is 1210 g/mol. The van der Waals surface area contributed by atoms with Gasteiger partial charge in [0.2, 0.25) is 23.1 Å². The lowest BCUT2D eigenvalue weighted by molar-refractivity contribution is -0.136. The minimum Gasteiger partial charge on any atom is -0.466 e. The summed E-state index contributed by atoms with van der Waals surface area (Å²) in [5.74, 6) is -4.85. The lowest BCUT2D eigenvalue weighted by atomic mass is 9.85. The molecule has 0 saturated heterocycles. The highest BCUT2D eigenvalue weighted by molar-refractivity contribution is 6.22.